The van der Waals surface area contributed by atoms with E-state index in [-0.39, 0.29) is 5.91 Å². The molecule has 1 aromatic heterocycles. The minimum absolute atomic E-state index is 0.179. The quantitative estimate of drug-likeness (QED) is 0.611. The maximum Gasteiger partial charge on any atom is 0.250 e. The second-order valence-corrected chi connectivity index (χ2v) is 6.91. The van der Waals surface area contributed by atoms with Crippen molar-refractivity contribution in [3.05, 3.63) is 77.2 Å². The molecule has 126 valence electrons. The average Bonchev–Trinajstić information content (AvgIpc) is 3.09. The molecule has 1 heterocycles. The fraction of sp³-hybridized carbons (Fsp3) is 0.143. The highest BCUT2D eigenvalue weighted by molar-refractivity contribution is 7.14. The molecule has 0 fully saturated rings. The molecule has 3 aromatic rings. The van der Waals surface area contributed by atoms with E-state index >= 15 is 0 Å². The van der Waals surface area contributed by atoms with E-state index in [0.717, 1.165) is 16.8 Å². The van der Waals surface area contributed by atoms with Gasteiger partial charge in [0.1, 0.15) is 0 Å². The first kappa shape index (κ1) is 17.1. The second kappa shape index (κ2) is 7.90. The molecule has 0 aliphatic rings. The predicted molar refractivity (Wildman–Crippen MR) is 106 cm³/mol. The summed E-state index contributed by atoms with van der Waals surface area (Å²) in [5.74, 6) is 0.326. The zero-order valence-electron chi connectivity index (χ0n) is 14.3. The zero-order valence-corrected chi connectivity index (χ0v) is 15.1. The summed E-state index contributed by atoms with van der Waals surface area (Å²) in [5.41, 5.74) is 4.20. The lowest BCUT2D eigenvalue weighted by Crippen LogP contribution is -2.07. The van der Waals surface area contributed by atoms with E-state index in [1.807, 2.05) is 53.9 Å². The molecule has 0 aliphatic carbocycles. The van der Waals surface area contributed by atoms with Crippen molar-refractivity contribution < 1.29 is 4.79 Å². The molecule has 2 aromatic carbocycles. The van der Waals surface area contributed by atoms with Gasteiger partial charge < -0.3 is 0 Å². The van der Waals surface area contributed by atoms with Crippen molar-refractivity contribution in [2.45, 2.75) is 19.8 Å². The first-order valence-electron chi connectivity index (χ1n) is 8.22. The van der Waals surface area contributed by atoms with Gasteiger partial charge in [-0.2, -0.15) is 0 Å². The van der Waals surface area contributed by atoms with Crippen LogP contribution in [-0.2, 0) is 4.79 Å². The summed E-state index contributed by atoms with van der Waals surface area (Å²) in [6.45, 7) is 4.33. The average molecular weight is 348 g/mol. The van der Waals surface area contributed by atoms with Gasteiger partial charge in [-0.25, -0.2) is 4.98 Å². The summed E-state index contributed by atoms with van der Waals surface area (Å²) >= 11 is 1.42. The van der Waals surface area contributed by atoms with Crippen LogP contribution in [0.4, 0.5) is 5.13 Å². The number of hydrogen-bond donors (Lipinski definition) is 1. The number of carbonyl (C=O) groups excluding carboxylic acids is 1. The summed E-state index contributed by atoms with van der Waals surface area (Å²) < 4.78 is 0. The van der Waals surface area contributed by atoms with Gasteiger partial charge in [-0.1, -0.05) is 68.4 Å². The highest BCUT2D eigenvalue weighted by Crippen LogP contribution is 2.24. The van der Waals surface area contributed by atoms with E-state index < -0.39 is 0 Å². The Morgan fingerprint density at radius 2 is 1.80 bits per heavy atom. The minimum atomic E-state index is -0.179. The molecule has 0 bridgehead atoms. The Kier molecular flexibility index (Phi) is 5.41. The van der Waals surface area contributed by atoms with Gasteiger partial charge in [0.05, 0.1) is 5.69 Å². The number of benzene rings is 2. The highest BCUT2D eigenvalue weighted by atomic mass is 32.1. The molecule has 0 aliphatic heterocycles. The van der Waals surface area contributed by atoms with Crippen molar-refractivity contribution >= 4 is 28.5 Å². The molecule has 0 unspecified atom stereocenters. The van der Waals surface area contributed by atoms with E-state index in [2.05, 4.69) is 36.3 Å². The van der Waals surface area contributed by atoms with Crippen LogP contribution in [0.25, 0.3) is 17.3 Å². The molecule has 0 saturated carbocycles. The SMILES string of the molecule is CC(C)c1ccc(/C=C\C(=O)Nc2nc(-c3ccccc3)cs2)cc1. The molecular formula is C21H20N2OS. The largest absolute Gasteiger partial charge is 0.298 e. The molecule has 0 spiro atoms. The lowest BCUT2D eigenvalue weighted by Gasteiger charge is -2.04. The fourth-order valence-electron chi connectivity index (χ4n) is 2.38. The first-order valence-corrected chi connectivity index (χ1v) is 9.10. The first-order chi connectivity index (χ1) is 12.1. The molecule has 3 rings (SSSR count). The number of aromatic nitrogens is 1. The molecule has 3 nitrogen and oxygen atoms in total. The van der Waals surface area contributed by atoms with Crippen LogP contribution in [-0.4, -0.2) is 10.9 Å². The molecule has 1 N–H and O–H groups in total. The van der Waals surface area contributed by atoms with Crippen LogP contribution in [0.5, 0.6) is 0 Å². The van der Waals surface area contributed by atoms with Gasteiger partial charge in [0.2, 0.25) is 5.91 Å². The van der Waals surface area contributed by atoms with Gasteiger partial charge in [0, 0.05) is 17.0 Å². The van der Waals surface area contributed by atoms with Crippen LogP contribution >= 0.6 is 11.3 Å². The number of nitrogens with one attached hydrogen (secondary N) is 1. The van der Waals surface area contributed by atoms with Crippen molar-refractivity contribution in [1.29, 1.82) is 0 Å². The lowest BCUT2D eigenvalue weighted by molar-refractivity contribution is -0.111. The van der Waals surface area contributed by atoms with E-state index in [0.29, 0.717) is 11.0 Å². The topological polar surface area (TPSA) is 42.0 Å². The van der Waals surface area contributed by atoms with E-state index in [4.69, 9.17) is 0 Å². The van der Waals surface area contributed by atoms with Crippen LogP contribution in [0.2, 0.25) is 0 Å². The predicted octanol–water partition coefficient (Wildman–Crippen LogP) is 5.59. The van der Waals surface area contributed by atoms with Crippen LogP contribution in [0.3, 0.4) is 0 Å². The fourth-order valence-corrected chi connectivity index (χ4v) is 3.11. The Labute approximate surface area is 152 Å². The number of anilines is 1. The van der Waals surface area contributed by atoms with Crippen molar-refractivity contribution in [2.75, 3.05) is 5.32 Å². The lowest BCUT2D eigenvalue weighted by atomic mass is 10.0. The number of amides is 1. The van der Waals surface area contributed by atoms with Gasteiger partial charge in [-0.05, 0) is 23.1 Å². The van der Waals surface area contributed by atoms with Gasteiger partial charge in [-0.3, -0.25) is 10.1 Å². The summed E-state index contributed by atoms with van der Waals surface area (Å²) in [4.78, 5) is 16.5. The number of nitrogens with zero attached hydrogens (tertiary/aromatic N) is 1. The number of carbonyl (C=O) groups is 1. The van der Waals surface area contributed by atoms with Crippen molar-refractivity contribution in [2.24, 2.45) is 0 Å². The van der Waals surface area contributed by atoms with Crippen molar-refractivity contribution in [3.63, 3.8) is 0 Å². The molecule has 0 radical (unpaired) electrons. The molecular weight excluding hydrogens is 328 g/mol. The second-order valence-electron chi connectivity index (χ2n) is 6.05. The van der Waals surface area contributed by atoms with Crippen LogP contribution in [0.1, 0.15) is 30.9 Å². The van der Waals surface area contributed by atoms with Gasteiger partial charge in [0.15, 0.2) is 5.13 Å². The number of hydrogen-bond acceptors (Lipinski definition) is 3. The summed E-state index contributed by atoms with van der Waals surface area (Å²) in [5, 5.41) is 5.36. The Hall–Kier alpha value is -2.72. The maximum atomic E-state index is 12.1. The summed E-state index contributed by atoms with van der Waals surface area (Å²) in [6.07, 6.45) is 3.35. The van der Waals surface area contributed by atoms with Crippen LogP contribution in [0.15, 0.2) is 66.1 Å². The maximum absolute atomic E-state index is 12.1. The van der Waals surface area contributed by atoms with E-state index in [1.54, 1.807) is 0 Å². The number of rotatable bonds is 5. The minimum Gasteiger partial charge on any atom is -0.298 e. The Morgan fingerprint density at radius 1 is 1.08 bits per heavy atom. The molecule has 0 atom stereocenters. The monoisotopic (exact) mass is 348 g/mol. The third-order valence-electron chi connectivity index (χ3n) is 3.83. The standard InChI is InChI=1S/C21H20N2OS/c1-15(2)17-11-8-16(9-12-17)10-13-20(24)23-21-22-19(14-25-21)18-6-4-3-5-7-18/h3-15H,1-2H3,(H,22,23,24)/b13-10-. The van der Waals surface area contributed by atoms with Crippen LogP contribution in [0, 0.1) is 0 Å². The highest BCUT2D eigenvalue weighted by Gasteiger charge is 2.06. The van der Waals surface area contributed by atoms with E-state index in [1.165, 1.54) is 23.0 Å². The van der Waals surface area contributed by atoms with Gasteiger partial charge >= 0.3 is 0 Å². The van der Waals surface area contributed by atoms with Crippen molar-refractivity contribution in [3.8, 4) is 11.3 Å². The zero-order chi connectivity index (χ0) is 17.6. The third kappa shape index (κ3) is 4.64. The Morgan fingerprint density at radius 3 is 2.48 bits per heavy atom. The molecule has 0 saturated heterocycles. The normalized spacial score (nSPS) is 11.2. The summed E-state index contributed by atoms with van der Waals surface area (Å²) in [7, 11) is 0. The van der Waals surface area contributed by atoms with Gasteiger partial charge in [-0.15, -0.1) is 11.3 Å². The Bertz CT molecular complexity index is 864. The van der Waals surface area contributed by atoms with Gasteiger partial charge in [0.25, 0.3) is 0 Å². The third-order valence-corrected chi connectivity index (χ3v) is 4.59. The summed E-state index contributed by atoms with van der Waals surface area (Å²) in [6, 6.07) is 18.1. The Balaban J connectivity index is 1.62. The molecule has 1 amide bonds. The number of thiazole rings is 1. The smallest absolute Gasteiger partial charge is 0.250 e. The van der Waals surface area contributed by atoms with Crippen LogP contribution < -0.4 is 5.32 Å². The molecule has 4 heteroatoms. The molecule has 25 heavy (non-hydrogen) atoms. The van der Waals surface area contributed by atoms with Crippen molar-refractivity contribution in [1.82, 2.24) is 4.98 Å². The van der Waals surface area contributed by atoms with E-state index in [9.17, 15) is 4.79 Å².